The molecule has 0 amide bonds. The molecule has 3 nitrogen and oxygen atoms in total. The predicted molar refractivity (Wildman–Crippen MR) is 113 cm³/mol. The molecule has 1 atom stereocenters. The van der Waals surface area contributed by atoms with Crippen LogP contribution >= 0.6 is 11.6 Å². The number of carbonyl (C=O) groups is 1. The highest BCUT2D eigenvalue weighted by Gasteiger charge is 2.38. The summed E-state index contributed by atoms with van der Waals surface area (Å²) >= 11 is 6.07. The average Bonchev–Trinajstić information content (AvgIpc) is 2.66. The maximum Gasteiger partial charge on any atom is 0.162 e. The van der Waals surface area contributed by atoms with Gasteiger partial charge in [0.15, 0.2) is 5.78 Å². The summed E-state index contributed by atoms with van der Waals surface area (Å²) in [6.07, 6.45) is 3.58. The van der Waals surface area contributed by atoms with Gasteiger partial charge in [0, 0.05) is 34.3 Å². The van der Waals surface area contributed by atoms with Gasteiger partial charge in [-0.05, 0) is 53.3 Å². The van der Waals surface area contributed by atoms with Crippen molar-refractivity contribution in [3.63, 3.8) is 0 Å². The zero-order chi connectivity index (χ0) is 19.9. The van der Waals surface area contributed by atoms with Crippen molar-refractivity contribution in [1.29, 1.82) is 0 Å². The van der Waals surface area contributed by atoms with Crippen molar-refractivity contribution >= 4 is 23.1 Å². The SMILES string of the molecule is COc1ccc(C2C=C(c3ccc(Cl)cc3)NC3=C2C(=O)CC(C)(C)C3)cc1. The van der Waals surface area contributed by atoms with Crippen LogP contribution in [-0.2, 0) is 4.79 Å². The Morgan fingerprint density at radius 1 is 1.04 bits per heavy atom. The fourth-order valence-corrected chi connectivity index (χ4v) is 4.26. The van der Waals surface area contributed by atoms with Gasteiger partial charge in [-0.15, -0.1) is 0 Å². The molecular weight excluding hydrogens is 370 g/mol. The standard InChI is InChI=1S/C24H24ClNO2/c1-24(2)13-21-23(22(27)14-24)19(15-6-10-18(28-3)11-7-15)12-20(26-21)16-4-8-17(25)9-5-16/h4-12,19,26H,13-14H2,1-3H3. The van der Waals surface area contributed by atoms with Gasteiger partial charge in [0.2, 0.25) is 0 Å². The zero-order valence-corrected chi connectivity index (χ0v) is 17.1. The molecule has 1 unspecified atom stereocenters. The summed E-state index contributed by atoms with van der Waals surface area (Å²) in [6.45, 7) is 4.30. The quantitative estimate of drug-likeness (QED) is 0.724. The molecule has 2 aromatic rings. The number of Topliss-reactive ketones (excluding diaryl/α,β-unsaturated/α-hetero) is 1. The molecule has 4 rings (SSSR count). The van der Waals surface area contributed by atoms with Gasteiger partial charge in [-0.25, -0.2) is 0 Å². The summed E-state index contributed by atoms with van der Waals surface area (Å²) in [7, 11) is 1.66. The van der Waals surface area contributed by atoms with Crippen molar-refractivity contribution in [3.05, 3.63) is 82.0 Å². The Labute approximate surface area is 171 Å². The number of nitrogens with one attached hydrogen (secondary N) is 1. The predicted octanol–water partition coefficient (Wildman–Crippen LogP) is 5.72. The molecule has 1 heterocycles. The number of carbonyl (C=O) groups excluding carboxylic acids is 1. The minimum absolute atomic E-state index is 0.0458. The van der Waals surface area contributed by atoms with E-state index in [-0.39, 0.29) is 17.1 Å². The van der Waals surface area contributed by atoms with Gasteiger partial charge in [0.1, 0.15) is 5.75 Å². The van der Waals surface area contributed by atoms with Gasteiger partial charge < -0.3 is 10.1 Å². The number of methoxy groups -OCH3 is 1. The largest absolute Gasteiger partial charge is 0.497 e. The number of benzene rings is 2. The Morgan fingerprint density at radius 3 is 2.36 bits per heavy atom. The fraction of sp³-hybridized carbons (Fsp3) is 0.292. The van der Waals surface area contributed by atoms with Crippen molar-refractivity contribution in [2.24, 2.45) is 5.41 Å². The first-order valence-electron chi connectivity index (χ1n) is 9.51. The van der Waals surface area contributed by atoms with E-state index in [2.05, 4.69) is 25.2 Å². The Bertz CT molecular complexity index is 969. The normalized spacial score (nSPS) is 20.9. The Hall–Kier alpha value is -2.52. The summed E-state index contributed by atoms with van der Waals surface area (Å²) in [5, 5.41) is 4.26. The van der Waals surface area contributed by atoms with E-state index < -0.39 is 0 Å². The summed E-state index contributed by atoms with van der Waals surface area (Å²) in [5.74, 6) is 0.965. The highest BCUT2D eigenvalue weighted by atomic mass is 35.5. The molecule has 1 N–H and O–H groups in total. The van der Waals surface area contributed by atoms with E-state index in [1.807, 2.05) is 48.5 Å². The summed E-state index contributed by atoms with van der Waals surface area (Å²) in [5.41, 5.74) is 5.05. The molecule has 0 radical (unpaired) electrons. The third kappa shape index (κ3) is 3.59. The van der Waals surface area contributed by atoms with E-state index in [0.29, 0.717) is 11.4 Å². The maximum absolute atomic E-state index is 13.1. The summed E-state index contributed by atoms with van der Waals surface area (Å²) in [6, 6.07) is 15.8. The number of dihydropyridines is 1. The van der Waals surface area contributed by atoms with Gasteiger partial charge in [-0.3, -0.25) is 4.79 Å². The molecule has 0 bridgehead atoms. The van der Waals surface area contributed by atoms with Gasteiger partial charge in [-0.1, -0.05) is 49.7 Å². The number of hydrogen-bond donors (Lipinski definition) is 1. The van der Waals surface area contributed by atoms with Crippen molar-refractivity contribution in [3.8, 4) is 5.75 Å². The minimum Gasteiger partial charge on any atom is -0.497 e. The first-order chi connectivity index (χ1) is 13.4. The Morgan fingerprint density at radius 2 is 1.71 bits per heavy atom. The van der Waals surface area contributed by atoms with E-state index in [1.54, 1.807) is 7.11 Å². The summed E-state index contributed by atoms with van der Waals surface area (Å²) in [4.78, 5) is 13.1. The Kier molecular flexibility index (Phi) is 4.80. The number of ketones is 1. The van der Waals surface area contributed by atoms with Crippen LogP contribution in [-0.4, -0.2) is 12.9 Å². The van der Waals surface area contributed by atoms with Crippen LogP contribution in [0, 0.1) is 5.41 Å². The van der Waals surface area contributed by atoms with Crippen molar-refractivity contribution < 1.29 is 9.53 Å². The molecule has 1 aliphatic heterocycles. The topological polar surface area (TPSA) is 38.3 Å². The van der Waals surface area contributed by atoms with Gasteiger partial charge in [-0.2, -0.15) is 0 Å². The number of rotatable bonds is 3. The first kappa shape index (κ1) is 18.8. The van der Waals surface area contributed by atoms with E-state index in [4.69, 9.17) is 16.3 Å². The molecule has 0 spiro atoms. The second-order valence-electron chi connectivity index (χ2n) is 8.30. The van der Waals surface area contributed by atoms with Crippen molar-refractivity contribution in [1.82, 2.24) is 5.32 Å². The lowest BCUT2D eigenvalue weighted by molar-refractivity contribution is -0.118. The monoisotopic (exact) mass is 393 g/mol. The highest BCUT2D eigenvalue weighted by Crippen LogP contribution is 2.45. The number of allylic oxidation sites excluding steroid dienone is 3. The first-order valence-corrected chi connectivity index (χ1v) is 9.89. The smallest absolute Gasteiger partial charge is 0.162 e. The second kappa shape index (κ2) is 7.14. The van der Waals surface area contributed by atoms with E-state index >= 15 is 0 Å². The van der Waals surface area contributed by atoms with Crippen LogP contribution < -0.4 is 10.1 Å². The van der Waals surface area contributed by atoms with Gasteiger partial charge in [0.25, 0.3) is 0 Å². The van der Waals surface area contributed by atoms with Gasteiger partial charge in [0.05, 0.1) is 7.11 Å². The molecule has 0 saturated heterocycles. The molecular formula is C24H24ClNO2. The van der Waals surface area contributed by atoms with E-state index in [0.717, 1.165) is 40.3 Å². The lowest BCUT2D eigenvalue weighted by Gasteiger charge is -2.38. The van der Waals surface area contributed by atoms with Crippen molar-refractivity contribution in [2.45, 2.75) is 32.6 Å². The third-order valence-electron chi connectivity index (χ3n) is 5.48. The second-order valence-corrected chi connectivity index (χ2v) is 8.73. The Balaban J connectivity index is 1.81. The molecule has 0 aromatic heterocycles. The molecule has 4 heteroatoms. The van der Waals surface area contributed by atoms with Gasteiger partial charge >= 0.3 is 0 Å². The maximum atomic E-state index is 13.1. The molecule has 1 aliphatic carbocycles. The van der Waals surface area contributed by atoms with E-state index in [1.165, 1.54) is 0 Å². The lowest BCUT2D eigenvalue weighted by atomic mass is 9.70. The van der Waals surface area contributed by atoms with Crippen LogP contribution in [0.4, 0.5) is 0 Å². The van der Waals surface area contributed by atoms with Crippen LogP contribution in [0.5, 0.6) is 5.75 Å². The molecule has 0 saturated carbocycles. The molecule has 144 valence electrons. The van der Waals surface area contributed by atoms with Crippen LogP contribution in [0.1, 0.15) is 43.7 Å². The van der Waals surface area contributed by atoms with Crippen molar-refractivity contribution in [2.75, 3.05) is 7.11 Å². The average molecular weight is 394 g/mol. The molecule has 2 aromatic carbocycles. The summed E-state index contributed by atoms with van der Waals surface area (Å²) < 4.78 is 5.29. The number of hydrogen-bond acceptors (Lipinski definition) is 3. The number of halogens is 1. The fourth-order valence-electron chi connectivity index (χ4n) is 4.13. The zero-order valence-electron chi connectivity index (χ0n) is 16.4. The van der Waals surface area contributed by atoms with Crippen LogP contribution in [0.15, 0.2) is 65.9 Å². The minimum atomic E-state index is -0.0727. The molecule has 2 aliphatic rings. The van der Waals surface area contributed by atoms with Crippen LogP contribution in [0.25, 0.3) is 5.70 Å². The van der Waals surface area contributed by atoms with E-state index in [9.17, 15) is 4.79 Å². The van der Waals surface area contributed by atoms with Crippen LogP contribution in [0.3, 0.4) is 0 Å². The highest BCUT2D eigenvalue weighted by molar-refractivity contribution is 6.30. The third-order valence-corrected chi connectivity index (χ3v) is 5.73. The number of ether oxygens (including phenoxy) is 1. The lowest BCUT2D eigenvalue weighted by Crippen LogP contribution is -2.35. The molecule has 0 fully saturated rings. The molecule has 28 heavy (non-hydrogen) atoms. The van der Waals surface area contributed by atoms with Crippen LogP contribution in [0.2, 0.25) is 5.02 Å².